The van der Waals surface area contributed by atoms with E-state index in [0.29, 0.717) is 6.61 Å². The van der Waals surface area contributed by atoms with Gasteiger partial charge in [-0.15, -0.1) is 0 Å². The minimum absolute atomic E-state index is 0.690. The van der Waals surface area contributed by atoms with E-state index < -0.39 is 0 Å². The molecule has 2 heterocycles. The predicted molar refractivity (Wildman–Crippen MR) is 127 cm³/mol. The van der Waals surface area contributed by atoms with E-state index >= 15 is 0 Å². The van der Waals surface area contributed by atoms with Crippen molar-refractivity contribution in [3.63, 3.8) is 0 Å². The molecule has 0 radical (unpaired) electrons. The number of hydrogen-bond acceptors (Lipinski definition) is 2. The Morgan fingerprint density at radius 3 is 2.21 bits per heavy atom. The van der Waals surface area contributed by atoms with E-state index in [1.165, 1.54) is 32.6 Å². The van der Waals surface area contributed by atoms with Gasteiger partial charge in [0, 0.05) is 39.1 Å². The van der Waals surface area contributed by atoms with E-state index in [1.807, 2.05) is 0 Å². The molecule has 0 aliphatic carbocycles. The van der Waals surface area contributed by atoms with Crippen LogP contribution in [0.2, 0.25) is 0 Å². The maximum atomic E-state index is 6.41. The predicted octanol–water partition coefficient (Wildman–Crippen LogP) is 3.85. The number of hydrogen-bond donors (Lipinski definition) is 2. The van der Waals surface area contributed by atoms with Crippen LogP contribution in [0.1, 0.15) is 12.0 Å². The fourth-order valence-electron chi connectivity index (χ4n) is 4.28. The third kappa shape index (κ3) is 3.06. The first kappa shape index (κ1) is 18.1. The second-order valence-electron chi connectivity index (χ2n) is 8.40. The van der Waals surface area contributed by atoms with E-state index in [0.717, 1.165) is 40.8 Å². The van der Waals surface area contributed by atoms with Gasteiger partial charge in [-0.2, -0.15) is 0 Å². The van der Waals surface area contributed by atoms with Crippen LogP contribution in [0, 0.1) is 6.92 Å². The van der Waals surface area contributed by atoms with E-state index in [2.05, 4.69) is 86.2 Å². The molecular weight excluding hydrogens is 357 g/mol. The smallest absolute Gasteiger partial charge is 0.167 e. The summed E-state index contributed by atoms with van der Waals surface area (Å²) in [5, 5.41) is 4.95. The molecule has 0 saturated heterocycles. The number of rotatable bonds is 5. The highest BCUT2D eigenvalue weighted by Gasteiger charge is 2.17. The Hall–Kier alpha value is -2.92. The SMILES string of the molecule is Bc1ccc2[nH]c3c(OCCCN(C)C)c4[nH]c5ccc(C)cc5c4cc3c2c1. The number of fused-ring (bicyclic) bond motifs is 6. The second-order valence-corrected chi connectivity index (χ2v) is 8.40. The molecule has 0 saturated carbocycles. The van der Waals surface area contributed by atoms with Crippen molar-refractivity contribution in [1.29, 1.82) is 0 Å². The Morgan fingerprint density at radius 1 is 0.862 bits per heavy atom. The first-order valence-electron chi connectivity index (χ1n) is 10.3. The van der Waals surface area contributed by atoms with Crippen molar-refractivity contribution in [2.45, 2.75) is 13.3 Å². The number of aryl methyl sites for hydroxylation is 1. The van der Waals surface area contributed by atoms with Gasteiger partial charge in [0.2, 0.25) is 0 Å². The largest absolute Gasteiger partial charge is 0.489 e. The van der Waals surface area contributed by atoms with Gasteiger partial charge in [-0.05, 0) is 51.7 Å². The number of benzene rings is 3. The summed E-state index contributed by atoms with van der Waals surface area (Å²) < 4.78 is 6.41. The number of nitrogens with one attached hydrogen (secondary N) is 2. The zero-order chi connectivity index (χ0) is 20.1. The molecule has 5 heteroatoms. The van der Waals surface area contributed by atoms with Crippen LogP contribution in [0.4, 0.5) is 0 Å². The van der Waals surface area contributed by atoms with Gasteiger partial charge >= 0.3 is 0 Å². The van der Waals surface area contributed by atoms with Crippen molar-refractivity contribution in [1.82, 2.24) is 14.9 Å². The van der Waals surface area contributed by atoms with Crippen molar-refractivity contribution in [3.05, 3.63) is 48.0 Å². The van der Waals surface area contributed by atoms with Crippen LogP contribution in [0.3, 0.4) is 0 Å². The molecule has 5 aromatic rings. The number of aromatic nitrogens is 2. The zero-order valence-corrected chi connectivity index (χ0v) is 17.5. The third-order valence-electron chi connectivity index (χ3n) is 5.73. The molecule has 146 valence electrons. The summed E-state index contributed by atoms with van der Waals surface area (Å²) in [6.07, 6.45) is 0.990. The highest BCUT2D eigenvalue weighted by Crippen LogP contribution is 2.40. The van der Waals surface area contributed by atoms with E-state index in [4.69, 9.17) is 4.74 Å². The Morgan fingerprint density at radius 2 is 1.52 bits per heavy atom. The first-order valence-corrected chi connectivity index (χ1v) is 10.3. The molecule has 0 bridgehead atoms. The van der Waals surface area contributed by atoms with Gasteiger partial charge < -0.3 is 19.6 Å². The average molecular weight is 383 g/mol. The van der Waals surface area contributed by atoms with Crippen LogP contribution < -0.4 is 10.2 Å². The van der Waals surface area contributed by atoms with Crippen LogP contribution in [0.15, 0.2) is 42.5 Å². The molecule has 0 fully saturated rings. The highest BCUT2D eigenvalue weighted by atomic mass is 16.5. The lowest BCUT2D eigenvalue weighted by Gasteiger charge is -2.12. The average Bonchev–Trinajstić information content (AvgIpc) is 3.22. The first-order chi connectivity index (χ1) is 14.0. The fraction of sp³-hybridized carbons (Fsp3) is 0.250. The monoisotopic (exact) mass is 383 g/mol. The minimum atomic E-state index is 0.690. The molecule has 0 atom stereocenters. The van der Waals surface area contributed by atoms with E-state index in [9.17, 15) is 0 Å². The number of aromatic amines is 2. The molecule has 0 aliphatic rings. The Balaban J connectivity index is 1.78. The summed E-state index contributed by atoms with van der Waals surface area (Å²) in [5.74, 6) is 0.930. The molecular formula is C24H26BN3O. The Kier molecular flexibility index (Phi) is 4.28. The lowest BCUT2D eigenvalue weighted by atomic mass is 9.94. The third-order valence-corrected chi connectivity index (χ3v) is 5.73. The molecule has 2 N–H and O–H groups in total. The Labute approximate surface area is 171 Å². The van der Waals surface area contributed by atoms with E-state index in [1.54, 1.807) is 0 Å². The van der Waals surface area contributed by atoms with Gasteiger partial charge in [-0.3, -0.25) is 0 Å². The fourth-order valence-corrected chi connectivity index (χ4v) is 4.28. The lowest BCUT2D eigenvalue weighted by Crippen LogP contribution is -2.15. The number of nitrogens with zero attached hydrogens (tertiary/aromatic N) is 1. The van der Waals surface area contributed by atoms with Gasteiger partial charge in [0.1, 0.15) is 7.85 Å². The summed E-state index contributed by atoms with van der Waals surface area (Å²) in [4.78, 5) is 9.42. The van der Waals surface area contributed by atoms with Gasteiger partial charge in [0.25, 0.3) is 0 Å². The van der Waals surface area contributed by atoms with Crippen molar-refractivity contribution in [3.8, 4) is 5.75 Å². The molecule has 0 spiro atoms. The quantitative estimate of drug-likeness (QED) is 0.358. The molecule has 0 aliphatic heterocycles. The van der Waals surface area contributed by atoms with Crippen LogP contribution >= 0.6 is 0 Å². The molecule has 5 rings (SSSR count). The minimum Gasteiger partial charge on any atom is -0.489 e. The second kappa shape index (κ2) is 6.85. The highest BCUT2D eigenvalue weighted by molar-refractivity contribution is 6.34. The summed E-state index contributed by atoms with van der Waals surface area (Å²) in [5.41, 5.74) is 6.98. The standard InChI is InChI=1S/C24H26BN3O/c1-14-5-7-20-16(11-14)18-13-19-17-12-15(25)6-8-21(17)27-23(19)24(22(18)26-20)29-10-4-9-28(2)3/h5-8,11-13,26-27H,4,9-10,25H2,1-3H3. The Bertz CT molecular complexity index is 1270. The lowest BCUT2D eigenvalue weighted by molar-refractivity contribution is 0.286. The normalized spacial score (nSPS) is 12.1. The summed E-state index contributed by atoms with van der Waals surface area (Å²) >= 11 is 0. The van der Waals surface area contributed by atoms with E-state index in [-0.39, 0.29) is 0 Å². The maximum absolute atomic E-state index is 6.41. The van der Waals surface area contributed by atoms with Crippen molar-refractivity contribution in [2.75, 3.05) is 27.2 Å². The topological polar surface area (TPSA) is 44.0 Å². The number of ether oxygens (including phenoxy) is 1. The van der Waals surface area contributed by atoms with Crippen molar-refractivity contribution < 1.29 is 4.74 Å². The summed E-state index contributed by atoms with van der Waals surface area (Å²) in [7, 11) is 6.34. The summed E-state index contributed by atoms with van der Waals surface area (Å²) in [6.45, 7) is 3.84. The number of H-pyrrole nitrogens is 2. The molecule has 4 nitrogen and oxygen atoms in total. The van der Waals surface area contributed by atoms with Gasteiger partial charge in [-0.25, -0.2) is 0 Å². The molecule has 2 aromatic heterocycles. The van der Waals surface area contributed by atoms with Gasteiger partial charge in [0.05, 0.1) is 17.6 Å². The van der Waals surface area contributed by atoms with Crippen LogP contribution in [-0.2, 0) is 0 Å². The molecule has 0 amide bonds. The van der Waals surface area contributed by atoms with Gasteiger partial charge in [-0.1, -0.05) is 29.2 Å². The maximum Gasteiger partial charge on any atom is 0.167 e. The molecule has 0 unspecified atom stereocenters. The zero-order valence-electron chi connectivity index (χ0n) is 17.5. The van der Waals surface area contributed by atoms with Crippen LogP contribution in [-0.4, -0.2) is 50.0 Å². The molecule has 29 heavy (non-hydrogen) atoms. The van der Waals surface area contributed by atoms with Crippen molar-refractivity contribution >= 4 is 56.9 Å². The van der Waals surface area contributed by atoms with Crippen LogP contribution in [0.25, 0.3) is 43.6 Å². The van der Waals surface area contributed by atoms with Crippen molar-refractivity contribution in [2.24, 2.45) is 0 Å². The summed E-state index contributed by atoms with van der Waals surface area (Å²) in [6, 6.07) is 15.5. The van der Waals surface area contributed by atoms with Gasteiger partial charge in [0.15, 0.2) is 5.75 Å². The molecule has 3 aromatic carbocycles. The van der Waals surface area contributed by atoms with Crippen LogP contribution in [0.5, 0.6) is 5.75 Å².